The number of hydrogen-bond donors (Lipinski definition) is 1. The minimum atomic E-state index is 0.691. The Morgan fingerprint density at radius 3 is 1.94 bits per heavy atom. The Balaban J connectivity index is 1.71. The molecule has 7 aliphatic carbocycles. The molecule has 0 saturated heterocycles. The van der Waals surface area contributed by atoms with Gasteiger partial charge in [0.05, 0.1) is 6.54 Å². The van der Waals surface area contributed by atoms with Crippen molar-refractivity contribution in [3.63, 3.8) is 0 Å². The minimum absolute atomic E-state index is 0.691. The Labute approximate surface area is 111 Å². The molecule has 0 spiro atoms. The van der Waals surface area contributed by atoms with Crippen molar-refractivity contribution >= 4 is 0 Å². The van der Waals surface area contributed by atoms with Crippen molar-refractivity contribution in [1.29, 1.82) is 0 Å². The van der Waals surface area contributed by atoms with E-state index in [2.05, 4.69) is 19.6 Å². The third-order valence-corrected chi connectivity index (χ3v) is 8.44. The smallest absolute Gasteiger partial charge is 0.0802 e. The van der Waals surface area contributed by atoms with E-state index in [9.17, 15) is 0 Å². The lowest BCUT2D eigenvalue weighted by Gasteiger charge is -2.78. The van der Waals surface area contributed by atoms with Crippen LogP contribution in [-0.2, 0) is 0 Å². The van der Waals surface area contributed by atoms with Crippen molar-refractivity contribution in [2.45, 2.75) is 52.4 Å². The summed E-state index contributed by atoms with van der Waals surface area (Å²) < 4.78 is 0. The molecule has 0 heterocycles. The highest BCUT2D eigenvalue weighted by Gasteiger charge is 2.74. The largest absolute Gasteiger partial charge is 0.357 e. The summed E-state index contributed by atoms with van der Waals surface area (Å²) in [7, 11) is 0. The summed E-state index contributed by atoms with van der Waals surface area (Å²) in [4.78, 5) is 0. The van der Waals surface area contributed by atoms with Gasteiger partial charge in [-0.1, -0.05) is 13.8 Å². The Morgan fingerprint density at radius 1 is 0.833 bits per heavy atom. The highest BCUT2D eigenvalue weighted by molar-refractivity contribution is 5.22. The number of quaternary nitrogens is 1. The van der Waals surface area contributed by atoms with Crippen molar-refractivity contribution in [1.82, 2.24) is 0 Å². The van der Waals surface area contributed by atoms with Crippen molar-refractivity contribution in [3.8, 4) is 0 Å². The van der Waals surface area contributed by atoms with Gasteiger partial charge < -0.3 is 5.73 Å². The molecule has 3 N–H and O–H groups in total. The van der Waals surface area contributed by atoms with Crippen LogP contribution in [-0.4, -0.2) is 6.54 Å². The van der Waals surface area contributed by atoms with Crippen LogP contribution in [0.5, 0.6) is 0 Å². The molecule has 7 aliphatic rings. The minimum Gasteiger partial charge on any atom is -0.357 e. The number of hydrogen-bond acceptors (Lipinski definition) is 0. The Bertz CT molecular complexity index is 401. The molecule has 100 valence electrons. The lowest BCUT2D eigenvalue weighted by molar-refractivity contribution is -0.437. The highest BCUT2D eigenvalue weighted by atomic mass is 14.8. The summed E-state index contributed by atoms with van der Waals surface area (Å²) >= 11 is 0. The van der Waals surface area contributed by atoms with Crippen LogP contribution >= 0.6 is 0 Å². The molecule has 7 fully saturated rings. The van der Waals surface area contributed by atoms with E-state index in [1.54, 1.807) is 32.1 Å². The van der Waals surface area contributed by atoms with Gasteiger partial charge in [-0.25, -0.2) is 0 Å². The molecule has 0 amide bonds. The van der Waals surface area contributed by atoms with E-state index < -0.39 is 0 Å². The summed E-state index contributed by atoms with van der Waals surface area (Å²) in [6.07, 6.45) is 9.38. The van der Waals surface area contributed by atoms with Crippen LogP contribution in [0.4, 0.5) is 0 Å². The fourth-order valence-corrected chi connectivity index (χ4v) is 8.40. The molecule has 1 nitrogen and oxygen atoms in total. The molecule has 4 unspecified atom stereocenters. The maximum absolute atomic E-state index is 4.45. The first-order valence-electron chi connectivity index (χ1n) is 8.28. The van der Waals surface area contributed by atoms with E-state index in [0.717, 1.165) is 35.0 Å². The highest BCUT2D eigenvalue weighted by Crippen LogP contribution is 2.80. The van der Waals surface area contributed by atoms with Crippen molar-refractivity contribution in [2.75, 3.05) is 6.54 Å². The molecule has 0 aromatic carbocycles. The monoisotopic (exact) mass is 246 g/mol. The maximum atomic E-state index is 4.45. The van der Waals surface area contributed by atoms with E-state index in [-0.39, 0.29) is 0 Å². The standard InChI is InChI=1S/C17H27N/c1-15-3-10-11-4-16(2)5-12(10)14(7-15)17(8-16,9-18)13(11)6-15/h10-14H,3-9,18H2,1-2H3/p+1. The molecule has 7 rings (SSSR count). The van der Waals surface area contributed by atoms with Crippen LogP contribution in [0, 0.1) is 45.8 Å². The van der Waals surface area contributed by atoms with Crippen LogP contribution < -0.4 is 5.73 Å². The second-order valence-corrected chi connectivity index (χ2v) is 9.51. The first-order chi connectivity index (χ1) is 8.49. The van der Waals surface area contributed by atoms with Crippen LogP contribution in [0.15, 0.2) is 0 Å². The van der Waals surface area contributed by atoms with Gasteiger partial charge in [-0.05, 0) is 78.9 Å². The van der Waals surface area contributed by atoms with Crippen LogP contribution in [0.25, 0.3) is 0 Å². The molecular weight excluding hydrogens is 218 g/mol. The third kappa shape index (κ3) is 0.930. The van der Waals surface area contributed by atoms with Gasteiger partial charge in [0.25, 0.3) is 0 Å². The van der Waals surface area contributed by atoms with E-state index in [0.29, 0.717) is 10.8 Å². The zero-order valence-corrected chi connectivity index (χ0v) is 12.0. The second-order valence-electron chi connectivity index (χ2n) is 9.51. The van der Waals surface area contributed by atoms with Crippen LogP contribution in [0.1, 0.15) is 52.4 Å². The zero-order chi connectivity index (χ0) is 12.3. The third-order valence-electron chi connectivity index (χ3n) is 8.44. The number of rotatable bonds is 1. The molecule has 0 radical (unpaired) electrons. The summed E-state index contributed by atoms with van der Waals surface area (Å²) in [5.74, 6) is 5.48. The summed E-state index contributed by atoms with van der Waals surface area (Å²) in [6.45, 7) is 6.47. The lowest BCUT2D eigenvalue weighted by Crippen LogP contribution is -2.77. The predicted molar refractivity (Wildman–Crippen MR) is 71.6 cm³/mol. The average molecular weight is 246 g/mol. The molecule has 18 heavy (non-hydrogen) atoms. The van der Waals surface area contributed by atoms with Crippen LogP contribution in [0.3, 0.4) is 0 Å². The zero-order valence-electron chi connectivity index (χ0n) is 12.0. The van der Waals surface area contributed by atoms with Gasteiger partial charge >= 0.3 is 0 Å². The Hall–Kier alpha value is -0.0400. The van der Waals surface area contributed by atoms with E-state index in [1.165, 1.54) is 13.0 Å². The lowest BCUT2D eigenvalue weighted by atomic mass is 9.26. The topological polar surface area (TPSA) is 27.6 Å². The second kappa shape index (κ2) is 2.71. The Kier molecular flexibility index (Phi) is 1.61. The summed E-state index contributed by atoms with van der Waals surface area (Å²) in [5.41, 5.74) is 6.59. The van der Waals surface area contributed by atoms with Crippen molar-refractivity contribution in [2.24, 2.45) is 45.8 Å². The van der Waals surface area contributed by atoms with Gasteiger partial charge in [-0.3, -0.25) is 0 Å². The molecule has 0 aromatic heterocycles. The SMILES string of the molecule is CC12CC3C4CC5(C)CC3C(C1)C(C[NH3+])(C5)C4C2. The van der Waals surface area contributed by atoms with E-state index in [4.69, 9.17) is 0 Å². The first-order valence-corrected chi connectivity index (χ1v) is 8.28. The predicted octanol–water partition coefficient (Wildman–Crippen LogP) is 2.72. The fourth-order valence-electron chi connectivity index (χ4n) is 8.40. The van der Waals surface area contributed by atoms with Gasteiger partial charge in [0, 0.05) is 5.41 Å². The first kappa shape index (κ1) is 10.7. The molecule has 4 atom stereocenters. The van der Waals surface area contributed by atoms with Crippen molar-refractivity contribution in [3.05, 3.63) is 0 Å². The molecule has 8 bridgehead atoms. The summed E-state index contributed by atoms with van der Waals surface area (Å²) in [5, 5.41) is 0. The molecular formula is C17H28N+. The van der Waals surface area contributed by atoms with Gasteiger partial charge in [-0.2, -0.15) is 0 Å². The summed E-state index contributed by atoms with van der Waals surface area (Å²) in [6, 6.07) is 0. The Morgan fingerprint density at radius 2 is 1.39 bits per heavy atom. The quantitative estimate of drug-likeness (QED) is 0.737. The van der Waals surface area contributed by atoms with Gasteiger partial charge in [0.2, 0.25) is 0 Å². The van der Waals surface area contributed by atoms with Crippen LogP contribution in [0.2, 0.25) is 0 Å². The van der Waals surface area contributed by atoms with E-state index in [1.807, 2.05) is 0 Å². The molecule has 7 saturated carbocycles. The molecule has 1 heteroatoms. The van der Waals surface area contributed by atoms with Gasteiger partial charge in [-0.15, -0.1) is 0 Å². The molecule has 0 aromatic rings. The van der Waals surface area contributed by atoms with Crippen molar-refractivity contribution < 1.29 is 5.73 Å². The van der Waals surface area contributed by atoms with E-state index >= 15 is 0 Å². The fraction of sp³-hybridized carbons (Fsp3) is 1.00. The maximum Gasteiger partial charge on any atom is 0.0802 e. The van der Waals surface area contributed by atoms with Gasteiger partial charge in [0.1, 0.15) is 0 Å². The van der Waals surface area contributed by atoms with Gasteiger partial charge in [0.15, 0.2) is 0 Å². The normalized spacial score (nSPS) is 71.2. The molecule has 0 aliphatic heterocycles. The average Bonchev–Trinajstić information content (AvgIpc) is 2.33.